The fourth-order valence-corrected chi connectivity index (χ4v) is 2.07. The molecule has 1 heterocycles. The highest BCUT2D eigenvalue weighted by Crippen LogP contribution is 2.27. The molecule has 1 N–H and O–H groups in total. The molecule has 1 aromatic rings. The first-order valence-corrected chi connectivity index (χ1v) is 6.08. The Morgan fingerprint density at radius 1 is 1.59 bits per heavy atom. The van der Waals surface area contributed by atoms with E-state index in [0.717, 1.165) is 0 Å². The van der Waals surface area contributed by atoms with E-state index in [1.165, 1.54) is 23.5 Å². The molecular weight excluding hydrogens is 242 g/mol. The maximum absolute atomic E-state index is 11.6. The highest BCUT2D eigenvalue weighted by molar-refractivity contribution is 6.29. The van der Waals surface area contributed by atoms with Gasteiger partial charge in [-0.1, -0.05) is 11.6 Å². The first-order valence-electron chi connectivity index (χ1n) is 5.70. The number of hydrogen-bond donors (Lipinski definition) is 1. The molecule has 1 unspecified atom stereocenters. The van der Waals surface area contributed by atoms with Gasteiger partial charge in [0.1, 0.15) is 5.15 Å². The van der Waals surface area contributed by atoms with Crippen LogP contribution in [0.2, 0.25) is 5.15 Å². The van der Waals surface area contributed by atoms with Gasteiger partial charge in [0.2, 0.25) is 0 Å². The Hall–Kier alpha value is -1.07. The molecule has 1 aliphatic rings. The van der Waals surface area contributed by atoms with Gasteiger partial charge in [-0.05, 0) is 26.8 Å². The van der Waals surface area contributed by atoms with Crippen LogP contribution in [0.25, 0.3) is 0 Å². The Balaban J connectivity index is 2.18. The van der Waals surface area contributed by atoms with E-state index in [2.05, 4.69) is 9.88 Å². The molecule has 1 aromatic heterocycles. The fraction of sp³-hybridized carbons (Fsp3) is 0.636. The van der Waals surface area contributed by atoms with E-state index in [-0.39, 0.29) is 16.8 Å². The summed E-state index contributed by atoms with van der Waals surface area (Å²) in [4.78, 5) is 27.9. The van der Waals surface area contributed by atoms with Crippen LogP contribution in [0.5, 0.6) is 0 Å². The van der Waals surface area contributed by atoms with Crippen LogP contribution in [-0.4, -0.2) is 33.6 Å². The SMILES string of the molecule is CC(Cn1c(=O)cc(Cl)[nH]c1=O)N(C)C1CC1. The number of aromatic amines is 1. The lowest BCUT2D eigenvalue weighted by molar-refractivity contribution is 0.222. The van der Waals surface area contributed by atoms with Gasteiger partial charge in [-0.2, -0.15) is 0 Å². The number of nitrogens with zero attached hydrogens (tertiary/aromatic N) is 2. The van der Waals surface area contributed by atoms with Crippen molar-refractivity contribution in [2.75, 3.05) is 7.05 Å². The molecule has 0 spiro atoms. The second-order valence-electron chi connectivity index (χ2n) is 4.62. The quantitative estimate of drug-likeness (QED) is 0.807. The molecule has 94 valence electrons. The van der Waals surface area contributed by atoms with E-state index in [4.69, 9.17) is 11.6 Å². The van der Waals surface area contributed by atoms with Crippen LogP contribution in [0.15, 0.2) is 15.7 Å². The number of likely N-dealkylation sites (N-methyl/N-ethyl adjacent to an activating group) is 1. The van der Waals surface area contributed by atoms with Crippen molar-refractivity contribution >= 4 is 11.6 Å². The van der Waals surface area contributed by atoms with Crippen LogP contribution in [0, 0.1) is 0 Å². The van der Waals surface area contributed by atoms with Gasteiger partial charge < -0.3 is 0 Å². The summed E-state index contributed by atoms with van der Waals surface area (Å²) in [5, 5.41) is 0.0828. The molecule has 1 fully saturated rings. The molecular formula is C11H16ClN3O2. The number of nitrogens with one attached hydrogen (secondary N) is 1. The van der Waals surface area contributed by atoms with E-state index in [1.807, 2.05) is 14.0 Å². The van der Waals surface area contributed by atoms with E-state index < -0.39 is 5.69 Å². The first kappa shape index (κ1) is 12.4. The molecule has 0 aliphatic heterocycles. The number of aromatic nitrogens is 2. The number of halogens is 1. The number of H-pyrrole nitrogens is 1. The zero-order valence-corrected chi connectivity index (χ0v) is 10.7. The lowest BCUT2D eigenvalue weighted by Crippen LogP contribution is -2.42. The highest BCUT2D eigenvalue weighted by atomic mass is 35.5. The van der Waals surface area contributed by atoms with Gasteiger partial charge in [-0.15, -0.1) is 0 Å². The maximum Gasteiger partial charge on any atom is 0.329 e. The third-order valence-corrected chi connectivity index (χ3v) is 3.46. The molecule has 1 atom stereocenters. The molecule has 2 rings (SSSR count). The molecule has 0 amide bonds. The predicted molar refractivity (Wildman–Crippen MR) is 66.6 cm³/mol. The summed E-state index contributed by atoms with van der Waals surface area (Å²) in [6, 6.07) is 1.99. The molecule has 0 bridgehead atoms. The largest absolute Gasteiger partial charge is 0.329 e. The molecule has 6 heteroatoms. The topological polar surface area (TPSA) is 58.1 Å². The van der Waals surface area contributed by atoms with Crippen molar-refractivity contribution in [3.05, 3.63) is 32.1 Å². The Bertz CT molecular complexity index is 487. The third-order valence-electron chi connectivity index (χ3n) is 3.25. The molecule has 0 saturated heterocycles. The maximum atomic E-state index is 11.6. The van der Waals surface area contributed by atoms with Crippen molar-refractivity contribution in [3.63, 3.8) is 0 Å². The van der Waals surface area contributed by atoms with Crippen LogP contribution in [0.4, 0.5) is 0 Å². The fourth-order valence-electron chi connectivity index (χ4n) is 1.90. The minimum Gasteiger partial charge on any atom is -0.299 e. The Labute approximate surface area is 104 Å². The Morgan fingerprint density at radius 3 is 2.76 bits per heavy atom. The molecule has 5 nitrogen and oxygen atoms in total. The van der Waals surface area contributed by atoms with Crippen molar-refractivity contribution in [2.24, 2.45) is 0 Å². The second kappa shape index (κ2) is 4.66. The lowest BCUT2D eigenvalue weighted by atomic mass is 10.3. The average Bonchev–Trinajstić information content (AvgIpc) is 3.05. The highest BCUT2D eigenvalue weighted by Gasteiger charge is 2.29. The summed E-state index contributed by atoms with van der Waals surface area (Å²) in [6.45, 7) is 2.40. The van der Waals surface area contributed by atoms with E-state index in [1.54, 1.807) is 0 Å². The summed E-state index contributed by atoms with van der Waals surface area (Å²) in [6.07, 6.45) is 2.40. The first-order chi connectivity index (χ1) is 7.99. The van der Waals surface area contributed by atoms with Crippen LogP contribution < -0.4 is 11.2 Å². The van der Waals surface area contributed by atoms with Crippen molar-refractivity contribution in [3.8, 4) is 0 Å². The van der Waals surface area contributed by atoms with Crippen LogP contribution >= 0.6 is 11.6 Å². The summed E-state index contributed by atoms with van der Waals surface area (Å²) < 4.78 is 1.19. The van der Waals surface area contributed by atoms with Crippen LogP contribution in [0.3, 0.4) is 0 Å². The van der Waals surface area contributed by atoms with Gasteiger partial charge in [0.15, 0.2) is 0 Å². The molecule has 0 radical (unpaired) electrons. The van der Waals surface area contributed by atoms with Gasteiger partial charge in [-0.3, -0.25) is 19.2 Å². The van der Waals surface area contributed by atoms with Crippen LogP contribution in [-0.2, 0) is 6.54 Å². The minimum atomic E-state index is -0.446. The van der Waals surface area contributed by atoms with Gasteiger partial charge in [-0.25, -0.2) is 4.79 Å². The smallest absolute Gasteiger partial charge is 0.299 e. The standard InChI is InChI=1S/C11H16ClN3O2/c1-7(14(2)8-3-4-8)6-15-10(16)5-9(12)13-11(15)17/h5,7-8H,3-4,6H2,1-2H3,(H,13,17). The lowest BCUT2D eigenvalue weighted by Gasteiger charge is -2.24. The number of hydrogen-bond acceptors (Lipinski definition) is 3. The monoisotopic (exact) mass is 257 g/mol. The van der Waals surface area contributed by atoms with Crippen molar-refractivity contribution in [2.45, 2.75) is 38.4 Å². The second-order valence-corrected chi connectivity index (χ2v) is 5.02. The zero-order chi connectivity index (χ0) is 12.6. The van der Waals surface area contributed by atoms with Gasteiger partial charge >= 0.3 is 5.69 Å². The molecule has 1 saturated carbocycles. The van der Waals surface area contributed by atoms with Crippen LogP contribution in [0.1, 0.15) is 19.8 Å². The Kier molecular flexibility index (Phi) is 3.40. The van der Waals surface area contributed by atoms with E-state index >= 15 is 0 Å². The number of rotatable bonds is 4. The minimum absolute atomic E-state index is 0.0828. The summed E-state index contributed by atoms with van der Waals surface area (Å²) in [7, 11) is 2.03. The molecule has 1 aliphatic carbocycles. The van der Waals surface area contributed by atoms with E-state index in [9.17, 15) is 9.59 Å². The van der Waals surface area contributed by atoms with Crippen molar-refractivity contribution in [1.29, 1.82) is 0 Å². The average molecular weight is 258 g/mol. The normalized spacial score (nSPS) is 17.4. The Morgan fingerprint density at radius 2 is 2.24 bits per heavy atom. The summed E-state index contributed by atoms with van der Waals surface area (Å²) in [5.74, 6) is 0. The van der Waals surface area contributed by atoms with Gasteiger partial charge in [0.05, 0.1) is 0 Å². The predicted octanol–water partition coefficient (Wildman–Crippen LogP) is 0.673. The van der Waals surface area contributed by atoms with Gasteiger partial charge in [0.25, 0.3) is 5.56 Å². The zero-order valence-electron chi connectivity index (χ0n) is 9.94. The van der Waals surface area contributed by atoms with Gasteiger partial charge in [0, 0.05) is 24.7 Å². The summed E-state index contributed by atoms with van der Waals surface area (Å²) >= 11 is 5.60. The van der Waals surface area contributed by atoms with Crippen molar-refractivity contribution < 1.29 is 0 Å². The van der Waals surface area contributed by atoms with E-state index in [0.29, 0.717) is 12.6 Å². The molecule has 17 heavy (non-hydrogen) atoms. The van der Waals surface area contributed by atoms with Crippen molar-refractivity contribution in [1.82, 2.24) is 14.5 Å². The molecule has 0 aromatic carbocycles. The third kappa shape index (κ3) is 2.79. The summed E-state index contributed by atoms with van der Waals surface area (Å²) in [5.41, 5.74) is -0.798.